The minimum Gasteiger partial charge on any atom is -0.481 e. The molecular weight excluding hydrogens is 348 g/mol. The summed E-state index contributed by atoms with van der Waals surface area (Å²) in [6, 6.07) is 7.74. The van der Waals surface area contributed by atoms with Crippen LogP contribution in [0.2, 0.25) is 0 Å². The number of nitrogens with one attached hydrogen (secondary N) is 1. The lowest BCUT2D eigenvalue weighted by Gasteiger charge is -2.21. The van der Waals surface area contributed by atoms with Gasteiger partial charge in [0.05, 0.1) is 18.0 Å². The number of hydrogen-bond donors (Lipinski definition) is 2. The Balaban J connectivity index is 1.86. The van der Waals surface area contributed by atoms with E-state index in [1.807, 2.05) is 36.1 Å². The first-order valence-electron chi connectivity index (χ1n) is 7.31. The lowest BCUT2D eigenvalue weighted by molar-refractivity contribution is -0.147. The van der Waals surface area contributed by atoms with Crippen molar-refractivity contribution in [3.05, 3.63) is 34.3 Å². The third-order valence-electron chi connectivity index (χ3n) is 4.18. The van der Waals surface area contributed by atoms with E-state index < -0.39 is 11.4 Å². The molecule has 1 aliphatic heterocycles. The van der Waals surface area contributed by atoms with Crippen LogP contribution in [0, 0.1) is 5.41 Å². The molecule has 2 rings (SSSR count). The van der Waals surface area contributed by atoms with Crippen LogP contribution in [0.4, 0.5) is 0 Å². The second kappa shape index (κ2) is 6.79. The van der Waals surface area contributed by atoms with Gasteiger partial charge in [0, 0.05) is 11.0 Å². The standard InChI is InChI=1S/C16H21BrN2O3/c1-11(12-3-5-13(17)6-4-12)18-14(20)9-19-8-7-16(2,10-19)15(21)22/h3-6,11H,7-10H2,1-2H3,(H,18,20)(H,21,22). The highest BCUT2D eigenvalue weighted by atomic mass is 79.9. The first-order chi connectivity index (χ1) is 10.3. The summed E-state index contributed by atoms with van der Waals surface area (Å²) in [5.41, 5.74) is 0.297. The van der Waals surface area contributed by atoms with Crippen molar-refractivity contribution < 1.29 is 14.7 Å². The summed E-state index contributed by atoms with van der Waals surface area (Å²) in [5.74, 6) is -0.872. The fourth-order valence-corrected chi connectivity index (χ4v) is 2.96. The van der Waals surface area contributed by atoms with Crippen LogP contribution in [0.5, 0.6) is 0 Å². The van der Waals surface area contributed by atoms with Gasteiger partial charge in [0.15, 0.2) is 0 Å². The monoisotopic (exact) mass is 368 g/mol. The van der Waals surface area contributed by atoms with E-state index in [1.54, 1.807) is 6.92 Å². The molecule has 1 fully saturated rings. The molecule has 1 aromatic carbocycles. The smallest absolute Gasteiger partial charge is 0.310 e. The molecule has 0 saturated carbocycles. The Bertz CT molecular complexity index is 561. The van der Waals surface area contributed by atoms with Crippen molar-refractivity contribution in [3.63, 3.8) is 0 Å². The summed E-state index contributed by atoms with van der Waals surface area (Å²) in [6.45, 7) is 4.97. The molecule has 5 nitrogen and oxygen atoms in total. The molecular formula is C16H21BrN2O3. The average Bonchev–Trinajstić information content (AvgIpc) is 2.82. The number of amides is 1. The van der Waals surface area contributed by atoms with Gasteiger partial charge < -0.3 is 10.4 Å². The lowest BCUT2D eigenvalue weighted by Crippen LogP contribution is -2.39. The molecule has 0 bridgehead atoms. The number of carbonyl (C=O) groups is 2. The molecule has 2 unspecified atom stereocenters. The third kappa shape index (κ3) is 4.08. The second-order valence-electron chi connectivity index (χ2n) is 6.17. The van der Waals surface area contributed by atoms with Gasteiger partial charge in [-0.2, -0.15) is 0 Å². The molecule has 0 radical (unpaired) electrons. The van der Waals surface area contributed by atoms with Gasteiger partial charge in [-0.15, -0.1) is 0 Å². The zero-order valence-corrected chi connectivity index (χ0v) is 14.4. The first kappa shape index (κ1) is 17.0. The van der Waals surface area contributed by atoms with E-state index in [0.29, 0.717) is 19.5 Å². The number of likely N-dealkylation sites (tertiary alicyclic amines) is 1. The normalized spacial score (nSPS) is 23.2. The number of hydrogen-bond acceptors (Lipinski definition) is 3. The van der Waals surface area contributed by atoms with Crippen molar-refractivity contribution >= 4 is 27.8 Å². The van der Waals surface area contributed by atoms with Crippen LogP contribution in [0.1, 0.15) is 31.9 Å². The highest BCUT2D eigenvalue weighted by Gasteiger charge is 2.40. The summed E-state index contributed by atoms with van der Waals surface area (Å²) in [6.07, 6.45) is 0.581. The SMILES string of the molecule is CC(NC(=O)CN1CCC(C)(C(=O)O)C1)c1ccc(Br)cc1. The van der Waals surface area contributed by atoms with E-state index in [2.05, 4.69) is 21.2 Å². The van der Waals surface area contributed by atoms with Crippen LogP contribution >= 0.6 is 15.9 Å². The molecule has 120 valence electrons. The zero-order chi connectivity index (χ0) is 16.3. The lowest BCUT2D eigenvalue weighted by atomic mass is 9.90. The van der Waals surface area contributed by atoms with Crippen molar-refractivity contribution in [3.8, 4) is 0 Å². The number of aliphatic carboxylic acids is 1. The van der Waals surface area contributed by atoms with Gasteiger partial charge in [0.25, 0.3) is 0 Å². The molecule has 6 heteroatoms. The van der Waals surface area contributed by atoms with Gasteiger partial charge in [-0.1, -0.05) is 28.1 Å². The molecule has 1 saturated heterocycles. The molecule has 2 N–H and O–H groups in total. The molecule has 1 aromatic rings. The van der Waals surface area contributed by atoms with E-state index in [0.717, 1.165) is 10.0 Å². The predicted molar refractivity (Wildman–Crippen MR) is 87.5 cm³/mol. The van der Waals surface area contributed by atoms with Crippen molar-refractivity contribution in [2.24, 2.45) is 5.41 Å². The fourth-order valence-electron chi connectivity index (χ4n) is 2.69. The van der Waals surface area contributed by atoms with Crippen LogP contribution < -0.4 is 5.32 Å². The van der Waals surface area contributed by atoms with Gasteiger partial charge in [-0.05, 0) is 44.5 Å². The molecule has 0 aromatic heterocycles. The van der Waals surface area contributed by atoms with Crippen molar-refractivity contribution in [1.82, 2.24) is 10.2 Å². The third-order valence-corrected chi connectivity index (χ3v) is 4.71. The summed E-state index contributed by atoms with van der Waals surface area (Å²) >= 11 is 3.38. The van der Waals surface area contributed by atoms with E-state index in [4.69, 9.17) is 0 Å². The number of rotatable bonds is 5. The van der Waals surface area contributed by atoms with E-state index in [9.17, 15) is 14.7 Å². The van der Waals surface area contributed by atoms with E-state index in [1.165, 1.54) is 0 Å². The van der Waals surface area contributed by atoms with Crippen LogP contribution in [0.25, 0.3) is 0 Å². The van der Waals surface area contributed by atoms with Crippen molar-refractivity contribution in [2.75, 3.05) is 19.6 Å². The number of nitrogens with zero attached hydrogens (tertiary/aromatic N) is 1. The summed E-state index contributed by atoms with van der Waals surface area (Å²) in [7, 11) is 0. The van der Waals surface area contributed by atoms with Crippen LogP contribution in [0.15, 0.2) is 28.7 Å². The molecule has 0 spiro atoms. The van der Waals surface area contributed by atoms with Gasteiger partial charge in [-0.3, -0.25) is 14.5 Å². The minimum absolute atomic E-state index is 0.0749. The number of halogens is 1. The summed E-state index contributed by atoms with van der Waals surface area (Å²) in [4.78, 5) is 25.2. The molecule has 1 amide bonds. The Morgan fingerprint density at radius 2 is 2.05 bits per heavy atom. The quantitative estimate of drug-likeness (QED) is 0.837. The number of carbonyl (C=O) groups excluding carboxylic acids is 1. The van der Waals surface area contributed by atoms with Gasteiger partial charge in [0.1, 0.15) is 0 Å². The van der Waals surface area contributed by atoms with Crippen LogP contribution in [0.3, 0.4) is 0 Å². The van der Waals surface area contributed by atoms with E-state index in [-0.39, 0.29) is 18.5 Å². The summed E-state index contributed by atoms with van der Waals surface area (Å²) < 4.78 is 1.000. The topological polar surface area (TPSA) is 69.6 Å². The highest BCUT2D eigenvalue weighted by Crippen LogP contribution is 2.29. The van der Waals surface area contributed by atoms with Crippen LogP contribution in [-0.4, -0.2) is 41.5 Å². The second-order valence-corrected chi connectivity index (χ2v) is 7.08. The number of carboxylic acid groups (broad SMARTS) is 1. The maximum Gasteiger partial charge on any atom is 0.310 e. The summed E-state index contributed by atoms with van der Waals surface area (Å²) in [5, 5.41) is 12.2. The van der Waals surface area contributed by atoms with Gasteiger partial charge in [0.2, 0.25) is 5.91 Å². The highest BCUT2D eigenvalue weighted by molar-refractivity contribution is 9.10. The Labute approximate surface area is 138 Å². The van der Waals surface area contributed by atoms with Crippen molar-refractivity contribution in [2.45, 2.75) is 26.3 Å². The van der Waals surface area contributed by atoms with Gasteiger partial charge in [-0.25, -0.2) is 0 Å². The molecule has 2 atom stereocenters. The Morgan fingerprint density at radius 1 is 1.41 bits per heavy atom. The largest absolute Gasteiger partial charge is 0.481 e. The average molecular weight is 369 g/mol. The Kier molecular flexibility index (Phi) is 5.24. The number of benzene rings is 1. The van der Waals surface area contributed by atoms with Crippen LogP contribution in [-0.2, 0) is 9.59 Å². The van der Waals surface area contributed by atoms with Crippen molar-refractivity contribution in [1.29, 1.82) is 0 Å². The molecule has 1 heterocycles. The number of carboxylic acids is 1. The zero-order valence-electron chi connectivity index (χ0n) is 12.8. The molecule has 22 heavy (non-hydrogen) atoms. The Morgan fingerprint density at radius 3 is 2.59 bits per heavy atom. The van der Waals surface area contributed by atoms with Gasteiger partial charge >= 0.3 is 5.97 Å². The maximum absolute atomic E-state index is 12.1. The fraction of sp³-hybridized carbons (Fsp3) is 0.500. The van der Waals surface area contributed by atoms with E-state index >= 15 is 0 Å². The predicted octanol–water partition coefficient (Wildman–Crippen LogP) is 2.42. The maximum atomic E-state index is 12.1. The molecule has 1 aliphatic rings. The Hall–Kier alpha value is -1.40. The first-order valence-corrected chi connectivity index (χ1v) is 8.10. The molecule has 0 aliphatic carbocycles. The minimum atomic E-state index is -0.793.